The standard InChI is InChI=1S/C51H90O6/c1-4-7-10-13-16-19-21-23-24-25-26-27-28-29-31-32-35-38-41-44-50(53)56-47-48(46-55-49(52)43-40-37-34-18-15-12-9-6-3)57-51(54)45-42-39-36-33-30-22-20-17-14-11-8-5-2/h16-17,19-20,23-24,26-27,48H,4-15,18,21-22,25,28-47H2,1-3H3/b19-16-,20-17-,24-23-,27-26-. The van der Waals surface area contributed by atoms with Gasteiger partial charge >= 0.3 is 17.9 Å². The molecular formula is C51H90O6. The van der Waals surface area contributed by atoms with Crippen molar-refractivity contribution in [2.45, 2.75) is 245 Å². The quantitative estimate of drug-likeness (QED) is 0.0265. The molecule has 0 aromatic heterocycles. The van der Waals surface area contributed by atoms with E-state index in [4.69, 9.17) is 14.2 Å². The fourth-order valence-corrected chi connectivity index (χ4v) is 6.62. The Hall–Kier alpha value is -2.63. The van der Waals surface area contributed by atoms with Crippen LogP contribution in [0.5, 0.6) is 0 Å². The topological polar surface area (TPSA) is 78.9 Å². The lowest BCUT2D eigenvalue weighted by Crippen LogP contribution is -2.30. The Balaban J connectivity index is 4.31. The average Bonchev–Trinajstić information content (AvgIpc) is 3.21. The molecule has 0 aliphatic carbocycles. The van der Waals surface area contributed by atoms with Gasteiger partial charge in [0.05, 0.1) is 0 Å². The van der Waals surface area contributed by atoms with Gasteiger partial charge < -0.3 is 14.2 Å². The molecule has 0 saturated carbocycles. The highest BCUT2D eigenvalue weighted by molar-refractivity contribution is 5.71. The summed E-state index contributed by atoms with van der Waals surface area (Å²) in [6.07, 6.45) is 53.8. The Morgan fingerprint density at radius 1 is 0.351 bits per heavy atom. The van der Waals surface area contributed by atoms with Gasteiger partial charge in [-0.2, -0.15) is 0 Å². The molecule has 0 heterocycles. The van der Waals surface area contributed by atoms with Crippen LogP contribution in [0, 0.1) is 0 Å². The number of carbonyl (C=O) groups is 3. The molecule has 0 fully saturated rings. The van der Waals surface area contributed by atoms with Gasteiger partial charge in [0.15, 0.2) is 6.10 Å². The van der Waals surface area contributed by atoms with E-state index in [1.807, 2.05) is 0 Å². The minimum absolute atomic E-state index is 0.0798. The highest BCUT2D eigenvalue weighted by atomic mass is 16.6. The maximum absolute atomic E-state index is 12.7. The molecule has 0 aliphatic heterocycles. The van der Waals surface area contributed by atoms with E-state index < -0.39 is 6.10 Å². The fraction of sp³-hybridized carbons (Fsp3) is 0.784. The number of hydrogen-bond acceptors (Lipinski definition) is 6. The summed E-state index contributed by atoms with van der Waals surface area (Å²) in [5.41, 5.74) is 0. The lowest BCUT2D eigenvalue weighted by molar-refractivity contribution is -0.167. The van der Waals surface area contributed by atoms with E-state index in [1.54, 1.807) is 0 Å². The van der Waals surface area contributed by atoms with Crippen LogP contribution in [0.1, 0.15) is 239 Å². The zero-order valence-electron chi connectivity index (χ0n) is 37.6. The third-order valence-electron chi connectivity index (χ3n) is 10.3. The van der Waals surface area contributed by atoms with Crippen molar-refractivity contribution in [1.82, 2.24) is 0 Å². The van der Waals surface area contributed by atoms with Crippen LogP contribution >= 0.6 is 0 Å². The van der Waals surface area contributed by atoms with Gasteiger partial charge in [-0.3, -0.25) is 14.4 Å². The molecule has 0 bridgehead atoms. The van der Waals surface area contributed by atoms with Crippen LogP contribution in [0.15, 0.2) is 48.6 Å². The van der Waals surface area contributed by atoms with Crippen molar-refractivity contribution in [2.24, 2.45) is 0 Å². The van der Waals surface area contributed by atoms with Crippen molar-refractivity contribution in [3.05, 3.63) is 48.6 Å². The molecule has 6 heteroatoms. The van der Waals surface area contributed by atoms with E-state index in [9.17, 15) is 14.4 Å². The van der Waals surface area contributed by atoms with E-state index in [0.29, 0.717) is 19.3 Å². The first-order valence-electron chi connectivity index (χ1n) is 24.1. The SMILES string of the molecule is CCCCC/C=C\C/C=C\C/C=C\CCCCCCCCC(=O)OCC(COC(=O)CCCCCCCCCC)OC(=O)CCCCCCC/C=C\CCCCC. The minimum Gasteiger partial charge on any atom is -0.462 e. The van der Waals surface area contributed by atoms with Gasteiger partial charge in [-0.15, -0.1) is 0 Å². The summed E-state index contributed by atoms with van der Waals surface area (Å²) in [7, 11) is 0. The van der Waals surface area contributed by atoms with Crippen molar-refractivity contribution in [2.75, 3.05) is 13.2 Å². The highest BCUT2D eigenvalue weighted by Gasteiger charge is 2.19. The van der Waals surface area contributed by atoms with E-state index >= 15 is 0 Å². The highest BCUT2D eigenvalue weighted by Crippen LogP contribution is 2.14. The maximum Gasteiger partial charge on any atom is 0.306 e. The predicted molar refractivity (Wildman–Crippen MR) is 242 cm³/mol. The first kappa shape index (κ1) is 54.4. The largest absolute Gasteiger partial charge is 0.462 e. The summed E-state index contributed by atoms with van der Waals surface area (Å²) in [5, 5.41) is 0. The van der Waals surface area contributed by atoms with Gasteiger partial charge in [0.25, 0.3) is 0 Å². The summed E-state index contributed by atoms with van der Waals surface area (Å²) in [4.78, 5) is 37.7. The van der Waals surface area contributed by atoms with E-state index in [-0.39, 0.29) is 31.1 Å². The summed E-state index contributed by atoms with van der Waals surface area (Å²) in [6.45, 7) is 6.53. The molecular weight excluding hydrogens is 709 g/mol. The van der Waals surface area contributed by atoms with Crippen LogP contribution in [-0.4, -0.2) is 37.2 Å². The first-order valence-corrected chi connectivity index (χ1v) is 24.1. The Morgan fingerprint density at radius 2 is 0.632 bits per heavy atom. The van der Waals surface area contributed by atoms with Crippen LogP contribution < -0.4 is 0 Å². The van der Waals surface area contributed by atoms with E-state index in [2.05, 4.69) is 69.4 Å². The monoisotopic (exact) mass is 799 g/mol. The second-order valence-corrected chi connectivity index (χ2v) is 16.0. The molecule has 0 N–H and O–H groups in total. The van der Waals surface area contributed by atoms with Crippen molar-refractivity contribution in [1.29, 1.82) is 0 Å². The second kappa shape index (κ2) is 46.1. The van der Waals surface area contributed by atoms with Gasteiger partial charge in [-0.05, 0) is 83.5 Å². The maximum atomic E-state index is 12.7. The van der Waals surface area contributed by atoms with Crippen LogP contribution in [0.25, 0.3) is 0 Å². The van der Waals surface area contributed by atoms with Crippen LogP contribution in [0.2, 0.25) is 0 Å². The zero-order valence-corrected chi connectivity index (χ0v) is 37.6. The van der Waals surface area contributed by atoms with Gasteiger partial charge in [-0.1, -0.05) is 185 Å². The molecule has 0 rings (SSSR count). The average molecular weight is 799 g/mol. The molecule has 1 unspecified atom stereocenters. The van der Waals surface area contributed by atoms with Crippen molar-refractivity contribution in [3.63, 3.8) is 0 Å². The third kappa shape index (κ3) is 44.3. The molecule has 0 aromatic rings. The second-order valence-electron chi connectivity index (χ2n) is 16.0. The number of rotatable bonds is 43. The number of hydrogen-bond donors (Lipinski definition) is 0. The van der Waals surface area contributed by atoms with Crippen LogP contribution in [0.3, 0.4) is 0 Å². The van der Waals surface area contributed by atoms with Crippen molar-refractivity contribution < 1.29 is 28.6 Å². The molecule has 0 saturated heterocycles. The van der Waals surface area contributed by atoms with Gasteiger partial charge in [0.1, 0.15) is 13.2 Å². The molecule has 0 spiro atoms. The summed E-state index contributed by atoms with van der Waals surface area (Å²) >= 11 is 0. The molecule has 0 radical (unpaired) electrons. The molecule has 6 nitrogen and oxygen atoms in total. The number of esters is 3. The predicted octanol–water partition coefficient (Wildman–Crippen LogP) is 15.5. The van der Waals surface area contributed by atoms with Crippen molar-refractivity contribution >= 4 is 17.9 Å². The molecule has 57 heavy (non-hydrogen) atoms. The van der Waals surface area contributed by atoms with Crippen LogP contribution in [-0.2, 0) is 28.6 Å². The van der Waals surface area contributed by atoms with Gasteiger partial charge in [-0.25, -0.2) is 0 Å². The lowest BCUT2D eigenvalue weighted by atomic mass is 10.1. The number of allylic oxidation sites excluding steroid dienone is 8. The Morgan fingerprint density at radius 3 is 1.04 bits per heavy atom. The Kier molecular flexibility index (Phi) is 43.9. The molecule has 0 amide bonds. The normalized spacial score (nSPS) is 12.4. The molecule has 330 valence electrons. The Labute approximate surface area is 352 Å². The summed E-state index contributed by atoms with van der Waals surface area (Å²) in [6, 6.07) is 0. The number of carbonyl (C=O) groups excluding carboxylic acids is 3. The molecule has 0 aromatic carbocycles. The van der Waals surface area contributed by atoms with Crippen molar-refractivity contribution in [3.8, 4) is 0 Å². The number of unbranched alkanes of at least 4 members (excludes halogenated alkanes) is 24. The fourth-order valence-electron chi connectivity index (χ4n) is 6.62. The van der Waals surface area contributed by atoms with Crippen LogP contribution in [0.4, 0.5) is 0 Å². The molecule has 0 aliphatic rings. The smallest absolute Gasteiger partial charge is 0.306 e. The van der Waals surface area contributed by atoms with Gasteiger partial charge in [0.2, 0.25) is 0 Å². The van der Waals surface area contributed by atoms with E-state index in [0.717, 1.165) is 89.9 Å². The lowest BCUT2D eigenvalue weighted by Gasteiger charge is -2.18. The zero-order chi connectivity index (χ0) is 41.5. The third-order valence-corrected chi connectivity index (χ3v) is 10.3. The summed E-state index contributed by atoms with van der Waals surface area (Å²) < 4.78 is 16.7. The molecule has 1 atom stereocenters. The first-order chi connectivity index (χ1) is 28.0. The van der Waals surface area contributed by atoms with E-state index in [1.165, 1.54) is 109 Å². The Bertz CT molecular complexity index is 1010. The number of ether oxygens (including phenoxy) is 3. The van der Waals surface area contributed by atoms with Gasteiger partial charge in [0, 0.05) is 19.3 Å². The minimum atomic E-state index is -0.777. The summed E-state index contributed by atoms with van der Waals surface area (Å²) in [5.74, 6) is -0.905.